The lowest BCUT2D eigenvalue weighted by Gasteiger charge is -2.31. The fraction of sp³-hybridized carbons (Fsp3) is 0.423. The largest absolute Gasteiger partial charge is 0.352 e. The summed E-state index contributed by atoms with van der Waals surface area (Å²) in [6.07, 6.45) is 4.92. The molecule has 10 heteroatoms. The Morgan fingerprint density at radius 3 is 2.39 bits per heavy atom. The van der Waals surface area contributed by atoms with Gasteiger partial charge in [-0.05, 0) is 57.0 Å². The zero-order chi connectivity index (χ0) is 26.2. The van der Waals surface area contributed by atoms with Crippen LogP contribution in [-0.2, 0) is 25.2 Å². The van der Waals surface area contributed by atoms with Crippen molar-refractivity contribution in [3.8, 4) is 0 Å². The smallest absolute Gasteiger partial charge is 0.243 e. The highest BCUT2D eigenvalue weighted by atomic mass is 35.5. The predicted molar refractivity (Wildman–Crippen MR) is 141 cm³/mol. The highest BCUT2D eigenvalue weighted by Crippen LogP contribution is 2.25. The van der Waals surface area contributed by atoms with Crippen LogP contribution in [0.1, 0.15) is 44.6 Å². The van der Waals surface area contributed by atoms with Gasteiger partial charge in [0.25, 0.3) is 0 Å². The molecule has 1 saturated carbocycles. The maximum absolute atomic E-state index is 13.8. The first-order valence-electron chi connectivity index (χ1n) is 11.9. The molecule has 2 atom stereocenters. The van der Waals surface area contributed by atoms with Gasteiger partial charge in [-0.25, -0.2) is 4.39 Å². The van der Waals surface area contributed by atoms with Crippen LogP contribution in [0.25, 0.3) is 0 Å². The summed E-state index contributed by atoms with van der Waals surface area (Å²) in [5, 5.41) is 5.44. The van der Waals surface area contributed by atoms with Gasteiger partial charge in [0, 0.05) is 28.2 Å². The van der Waals surface area contributed by atoms with Crippen LogP contribution in [-0.4, -0.2) is 45.5 Å². The molecule has 0 heterocycles. The minimum absolute atomic E-state index is 0.0297. The lowest BCUT2D eigenvalue weighted by molar-refractivity contribution is -0.126. The van der Waals surface area contributed by atoms with Gasteiger partial charge in [-0.15, -0.1) is 0 Å². The Hall–Kier alpha value is -2.78. The molecular formula is C26H31ClFN3O4S. The standard InChI is InChI=1S/C26H31ClFN3O4S/c1-17-8-10-20(11-9-17)29-24(32)15-36(35)16-25(33)31(21-12-13-23(28)22(27)14-21)18(2)26(34)30-19-6-4-3-5-7-19/h8-14,18-19H,3-7,15-16H2,1-2H3,(H,29,32)(H,30,34)/t18-,36-/m0/s1. The number of rotatable bonds is 9. The molecule has 0 saturated heterocycles. The number of hydrogen-bond donors (Lipinski definition) is 2. The average Bonchev–Trinajstić information content (AvgIpc) is 2.83. The maximum atomic E-state index is 13.8. The third-order valence-corrected chi connectivity index (χ3v) is 7.52. The summed E-state index contributed by atoms with van der Waals surface area (Å²) in [6, 6.07) is 9.91. The van der Waals surface area contributed by atoms with E-state index in [1.807, 2.05) is 19.1 Å². The highest BCUT2D eigenvalue weighted by molar-refractivity contribution is 7.86. The van der Waals surface area contributed by atoms with Crippen LogP contribution in [0.15, 0.2) is 42.5 Å². The van der Waals surface area contributed by atoms with Crippen molar-refractivity contribution >= 4 is 51.5 Å². The highest BCUT2D eigenvalue weighted by Gasteiger charge is 2.30. The van der Waals surface area contributed by atoms with Gasteiger partial charge in [0.2, 0.25) is 17.7 Å². The van der Waals surface area contributed by atoms with E-state index in [1.54, 1.807) is 19.1 Å². The van der Waals surface area contributed by atoms with E-state index < -0.39 is 40.2 Å². The van der Waals surface area contributed by atoms with Gasteiger partial charge in [-0.3, -0.25) is 23.5 Å². The maximum Gasteiger partial charge on any atom is 0.243 e. The van der Waals surface area contributed by atoms with E-state index in [-0.39, 0.29) is 28.4 Å². The molecule has 7 nitrogen and oxygen atoms in total. The number of nitrogens with zero attached hydrogens (tertiary/aromatic N) is 1. The van der Waals surface area contributed by atoms with Gasteiger partial charge in [-0.1, -0.05) is 48.6 Å². The first kappa shape index (κ1) is 27.8. The number of anilines is 2. The number of carbonyl (C=O) groups excluding carboxylic acids is 3. The van der Waals surface area contributed by atoms with Crippen molar-refractivity contribution in [1.29, 1.82) is 0 Å². The van der Waals surface area contributed by atoms with Crippen LogP contribution < -0.4 is 15.5 Å². The summed E-state index contributed by atoms with van der Waals surface area (Å²) < 4.78 is 26.5. The second-order valence-corrected chi connectivity index (χ2v) is 10.9. The summed E-state index contributed by atoms with van der Waals surface area (Å²) in [6.45, 7) is 3.48. The molecule has 2 aromatic carbocycles. The van der Waals surface area contributed by atoms with Gasteiger partial charge in [0.15, 0.2) is 0 Å². The summed E-state index contributed by atoms with van der Waals surface area (Å²) in [7, 11) is -1.84. The van der Waals surface area contributed by atoms with Gasteiger partial charge >= 0.3 is 0 Å². The van der Waals surface area contributed by atoms with Crippen LogP contribution in [0.4, 0.5) is 15.8 Å². The lowest BCUT2D eigenvalue weighted by Crippen LogP contribution is -2.52. The SMILES string of the molecule is Cc1ccc(NC(=O)C[S@](=O)CC(=O)N(c2ccc(F)c(Cl)c2)[C@@H](C)C(=O)NC2CCCCC2)cc1. The normalized spacial score (nSPS) is 15.6. The molecule has 2 aromatic rings. The van der Waals surface area contributed by atoms with Crippen LogP contribution in [0.5, 0.6) is 0 Å². The summed E-state index contributed by atoms with van der Waals surface area (Å²) >= 11 is 5.94. The molecule has 3 amide bonds. The predicted octanol–water partition coefficient (Wildman–Crippen LogP) is 4.35. The van der Waals surface area contributed by atoms with Crippen LogP contribution in [0.2, 0.25) is 5.02 Å². The van der Waals surface area contributed by atoms with E-state index >= 15 is 0 Å². The number of benzene rings is 2. The molecule has 0 bridgehead atoms. The number of hydrogen-bond acceptors (Lipinski definition) is 4. The van der Waals surface area contributed by atoms with E-state index in [0.717, 1.165) is 43.7 Å². The molecule has 36 heavy (non-hydrogen) atoms. The molecule has 3 rings (SSSR count). The van der Waals surface area contributed by atoms with Gasteiger partial charge in [0.05, 0.1) is 5.02 Å². The topological polar surface area (TPSA) is 95.6 Å². The summed E-state index contributed by atoms with van der Waals surface area (Å²) in [4.78, 5) is 39.8. The first-order valence-corrected chi connectivity index (χ1v) is 13.8. The Morgan fingerprint density at radius 2 is 1.75 bits per heavy atom. The van der Waals surface area contributed by atoms with Crippen LogP contribution >= 0.6 is 11.6 Å². The molecule has 1 aliphatic rings. The molecule has 1 aliphatic carbocycles. The Bertz CT molecular complexity index is 1120. The van der Waals surface area contributed by atoms with E-state index in [2.05, 4.69) is 10.6 Å². The Labute approximate surface area is 218 Å². The van der Waals surface area contributed by atoms with E-state index in [9.17, 15) is 23.0 Å². The van der Waals surface area contributed by atoms with Crippen molar-refractivity contribution in [2.24, 2.45) is 0 Å². The minimum Gasteiger partial charge on any atom is -0.352 e. The fourth-order valence-electron chi connectivity index (χ4n) is 4.14. The third kappa shape index (κ3) is 7.86. The number of halogens is 2. The van der Waals surface area contributed by atoms with Gasteiger partial charge < -0.3 is 10.6 Å². The lowest BCUT2D eigenvalue weighted by atomic mass is 9.95. The Morgan fingerprint density at radius 1 is 1.08 bits per heavy atom. The number of carbonyl (C=O) groups is 3. The van der Waals surface area contributed by atoms with Crippen molar-refractivity contribution in [1.82, 2.24) is 5.32 Å². The van der Waals surface area contributed by atoms with E-state index in [0.29, 0.717) is 5.69 Å². The molecule has 2 N–H and O–H groups in total. The molecule has 0 aliphatic heterocycles. The van der Waals surface area contributed by atoms with Crippen LogP contribution in [0, 0.1) is 12.7 Å². The zero-order valence-corrected chi connectivity index (χ0v) is 22.0. The van der Waals surface area contributed by atoms with Crippen molar-refractivity contribution in [3.63, 3.8) is 0 Å². The van der Waals surface area contributed by atoms with Crippen molar-refractivity contribution in [2.75, 3.05) is 21.7 Å². The molecule has 194 valence electrons. The molecule has 0 unspecified atom stereocenters. The molecule has 0 radical (unpaired) electrons. The summed E-state index contributed by atoms with van der Waals surface area (Å²) in [5.74, 6) is -3.03. The minimum atomic E-state index is -1.84. The molecule has 1 fully saturated rings. The quantitative estimate of drug-likeness (QED) is 0.499. The monoisotopic (exact) mass is 535 g/mol. The van der Waals surface area contributed by atoms with Crippen molar-refractivity contribution in [3.05, 3.63) is 58.9 Å². The van der Waals surface area contributed by atoms with E-state index in [1.165, 1.54) is 17.0 Å². The molecule has 0 aromatic heterocycles. The van der Waals surface area contributed by atoms with Crippen molar-refractivity contribution in [2.45, 2.75) is 58.0 Å². The van der Waals surface area contributed by atoms with Gasteiger partial charge in [0.1, 0.15) is 23.4 Å². The zero-order valence-electron chi connectivity index (χ0n) is 20.4. The molecule has 0 spiro atoms. The fourth-order valence-corrected chi connectivity index (χ4v) is 5.20. The Kier molecular flexibility index (Phi) is 10.0. The number of nitrogens with one attached hydrogen (secondary N) is 2. The number of aryl methyl sites for hydroxylation is 1. The average molecular weight is 536 g/mol. The van der Waals surface area contributed by atoms with Gasteiger partial charge in [-0.2, -0.15) is 0 Å². The van der Waals surface area contributed by atoms with Crippen LogP contribution in [0.3, 0.4) is 0 Å². The molecular weight excluding hydrogens is 505 g/mol. The second kappa shape index (κ2) is 13.0. The van der Waals surface area contributed by atoms with E-state index in [4.69, 9.17) is 11.6 Å². The number of amides is 3. The third-order valence-electron chi connectivity index (χ3n) is 6.08. The summed E-state index contributed by atoms with van der Waals surface area (Å²) in [5.41, 5.74) is 1.80. The Balaban J connectivity index is 1.70. The first-order chi connectivity index (χ1) is 17.1. The second-order valence-electron chi connectivity index (χ2n) is 9.02. The van der Waals surface area contributed by atoms with Crippen molar-refractivity contribution < 1.29 is 23.0 Å².